The summed E-state index contributed by atoms with van der Waals surface area (Å²) in [6.45, 7) is 5.18. The van der Waals surface area contributed by atoms with Crippen molar-refractivity contribution in [2.24, 2.45) is 5.92 Å². The van der Waals surface area contributed by atoms with E-state index in [1.165, 1.54) is 71.1 Å². The zero-order chi connectivity index (χ0) is 12.9. The van der Waals surface area contributed by atoms with Gasteiger partial charge in [0, 0.05) is 32.3 Å². The van der Waals surface area contributed by atoms with E-state index in [2.05, 4.69) is 9.80 Å². The Hall–Kier alpha value is -0.120. The lowest BCUT2D eigenvalue weighted by Crippen LogP contribution is -2.72. The van der Waals surface area contributed by atoms with E-state index < -0.39 is 0 Å². The summed E-state index contributed by atoms with van der Waals surface area (Å²) in [5.74, 6) is 0.864. The summed E-state index contributed by atoms with van der Waals surface area (Å²) in [4.78, 5) is 5.57. The Kier molecular flexibility index (Phi) is 3.13. The second-order valence-electron chi connectivity index (χ2n) is 7.27. The third-order valence-corrected chi connectivity index (χ3v) is 6.38. The maximum absolute atomic E-state index is 6.18. The Bertz CT molecular complexity index is 346. The molecule has 4 aliphatic heterocycles. The largest absolute Gasteiger partial charge is 0.375 e. The standard InChI is InChI=1S/C16H28N2O/c1-19-16-10-13(11-17-8-5-3-7-15(16)17)14-6-2-4-9-18(14)12-16/h13-15H,2-12H2,1H3/t13-,14+,15+,16-/m0/s1. The van der Waals surface area contributed by atoms with Crippen LogP contribution in [-0.2, 0) is 4.74 Å². The lowest BCUT2D eigenvalue weighted by molar-refractivity contribution is -0.191. The molecule has 0 aromatic heterocycles. The summed E-state index contributed by atoms with van der Waals surface area (Å²) in [5.41, 5.74) is 0.150. The molecule has 4 saturated heterocycles. The van der Waals surface area contributed by atoms with Crippen LogP contribution in [0, 0.1) is 5.92 Å². The highest BCUT2D eigenvalue weighted by Gasteiger charge is 2.55. The monoisotopic (exact) mass is 264 g/mol. The zero-order valence-corrected chi connectivity index (χ0v) is 12.3. The first kappa shape index (κ1) is 12.6. The van der Waals surface area contributed by atoms with E-state index in [0.29, 0.717) is 6.04 Å². The number of rotatable bonds is 1. The van der Waals surface area contributed by atoms with Crippen molar-refractivity contribution in [2.75, 3.05) is 33.3 Å². The molecular weight excluding hydrogens is 236 g/mol. The minimum atomic E-state index is 0.150. The van der Waals surface area contributed by atoms with Gasteiger partial charge >= 0.3 is 0 Å². The lowest BCUT2D eigenvalue weighted by Gasteiger charge is -2.62. The Morgan fingerprint density at radius 1 is 1.00 bits per heavy atom. The van der Waals surface area contributed by atoms with Crippen molar-refractivity contribution in [3.63, 3.8) is 0 Å². The third kappa shape index (κ3) is 1.89. The van der Waals surface area contributed by atoms with E-state index in [1.54, 1.807) is 0 Å². The summed E-state index contributed by atoms with van der Waals surface area (Å²) < 4.78 is 6.18. The minimum absolute atomic E-state index is 0.150. The van der Waals surface area contributed by atoms with Gasteiger partial charge in [0.2, 0.25) is 0 Å². The number of hydrogen-bond donors (Lipinski definition) is 0. The van der Waals surface area contributed by atoms with Gasteiger partial charge in [0.25, 0.3) is 0 Å². The van der Waals surface area contributed by atoms with E-state index in [-0.39, 0.29) is 5.60 Å². The molecule has 4 fully saturated rings. The van der Waals surface area contributed by atoms with Gasteiger partial charge in [-0.05, 0) is 51.1 Å². The number of hydrogen-bond acceptors (Lipinski definition) is 3. The number of ether oxygens (including phenoxy) is 1. The molecule has 4 atom stereocenters. The molecule has 0 aliphatic carbocycles. The summed E-state index contributed by atoms with van der Waals surface area (Å²) in [7, 11) is 1.97. The maximum Gasteiger partial charge on any atom is 0.0962 e. The molecule has 0 saturated carbocycles. The van der Waals surface area contributed by atoms with Crippen LogP contribution in [0.1, 0.15) is 44.9 Å². The van der Waals surface area contributed by atoms with E-state index >= 15 is 0 Å². The van der Waals surface area contributed by atoms with Gasteiger partial charge in [0.15, 0.2) is 0 Å². The second kappa shape index (κ2) is 4.71. The smallest absolute Gasteiger partial charge is 0.0962 e. The number of fused-ring (bicyclic) bond motifs is 6. The topological polar surface area (TPSA) is 15.7 Å². The molecule has 0 aromatic carbocycles. The van der Waals surface area contributed by atoms with Crippen molar-refractivity contribution in [1.82, 2.24) is 9.80 Å². The summed E-state index contributed by atoms with van der Waals surface area (Å²) in [6.07, 6.45) is 9.77. The SMILES string of the molecule is CO[C@]12C[C@@H](CN3CCCC[C@@H]31)[C@H]1CCCCN1C2. The Labute approximate surface area is 117 Å². The normalized spacial score (nSPS) is 47.5. The fourth-order valence-electron chi connectivity index (χ4n) is 5.55. The first-order valence-corrected chi connectivity index (χ1v) is 8.36. The second-order valence-corrected chi connectivity index (χ2v) is 7.27. The van der Waals surface area contributed by atoms with Crippen molar-refractivity contribution in [3.8, 4) is 0 Å². The van der Waals surface area contributed by atoms with Gasteiger partial charge in [-0.3, -0.25) is 9.80 Å². The molecule has 4 heterocycles. The van der Waals surface area contributed by atoms with Crippen molar-refractivity contribution in [2.45, 2.75) is 62.6 Å². The fourth-order valence-corrected chi connectivity index (χ4v) is 5.55. The maximum atomic E-state index is 6.18. The third-order valence-electron chi connectivity index (χ3n) is 6.38. The highest BCUT2D eigenvalue weighted by molar-refractivity contribution is 5.10. The zero-order valence-electron chi connectivity index (χ0n) is 12.3. The molecule has 4 aliphatic rings. The van der Waals surface area contributed by atoms with Crippen LogP contribution in [0.3, 0.4) is 0 Å². The lowest BCUT2D eigenvalue weighted by atomic mass is 9.68. The molecule has 0 amide bonds. The number of piperidine rings is 4. The van der Waals surface area contributed by atoms with Gasteiger partial charge < -0.3 is 4.74 Å². The molecular formula is C16H28N2O. The molecule has 3 heteroatoms. The van der Waals surface area contributed by atoms with Gasteiger partial charge in [-0.2, -0.15) is 0 Å². The first-order valence-electron chi connectivity index (χ1n) is 8.36. The summed E-state index contributed by atoms with van der Waals surface area (Å²) >= 11 is 0. The highest BCUT2D eigenvalue weighted by Crippen LogP contribution is 2.46. The quantitative estimate of drug-likeness (QED) is 0.721. The van der Waals surface area contributed by atoms with E-state index in [0.717, 1.165) is 12.0 Å². The average molecular weight is 264 g/mol. The first-order chi connectivity index (χ1) is 9.32. The van der Waals surface area contributed by atoms with Crippen LogP contribution in [0.15, 0.2) is 0 Å². The molecule has 0 N–H and O–H groups in total. The molecule has 0 spiro atoms. The summed E-state index contributed by atoms with van der Waals surface area (Å²) in [5, 5.41) is 0. The molecule has 0 unspecified atom stereocenters. The fraction of sp³-hybridized carbons (Fsp3) is 1.00. The predicted octanol–water partition coefficient (Wildman–Crippen LogP) is 2.11. The Balaban J connectivity index is 1.65. The van der Waals surface area contributed by atoms with E-state index in [1.807, 2.05) is 7.11 Å². The van der Waals surface area contributed by atoms with Crippen molar-refractivity contribution < 1.29 is 4.74 Å². The van der Waals surface area contributed by atoms with Crippen LogP contribution in [0.4, 0.5) is 0 Å². The Morgan fingerprint density at radius 2 is 1.79 bits per heavy atom. The number of nitrogens with zero attached hydrogens (tertiary/aromatic N) is 2. The van der Waals surface area contributed by atoms with Gasteiger partial charge in [-0.25, -0.2) is 0 Å². The van der Waals surface area contributed by atoms with Crippen LogP contribution in [0.2, 0.25) is 0 Å². The molecule has 2 bridgehead atoms. The summed E-state index contributed by atoms with van der Waals surface area (Å²) in [6, 6.07) is 1.56. The van der Waals surface area contributed by atoms with Crippen molar-refractivity contribution >= 4 is 0 Å². The van der Waals surface area contributed by atoms with Gasteiger partial charge in [-0.15, -0.1) is 0 Å². The molecule has 4 rings (SSSR count). The molecule has 108 valence electrons. The molecule has 19 heavy (non-hydrogen) atoms. The van der Waals surface area contributed by atoms with Crippen molar-refractivity contribution in [1.29, 1.82) is 0 Å². The van der Waals surface area contributed by atoms with E-state index in [4.69, 9.17) is 4.74 Å². The minimum Gasteiger partial charge on any atom is -0.375 e. The van der Waals surface area contributed by atoms with Crippen molar-refractivity contribution in [3.05, 3.63) is 0 Å². The van der Waals surface area contributed by atoms with Gasteiger partial charge in [0.1, 0.15) is 0 Å². The molecule has 3 nitrogen and oxygen atoms in total. The number of methoxy groups -OCH3 is 1. The van der Waals surface area contributed by atoms with Gasteiger partial charge in [0.05, 0.1) is 5.60 Å². The van der Waals surface area contributed by atoms with E-state index in [9.17, 15) is 0 Å². The Morgan fingerprint density at radius 3 is 2.63 bits per heavy atom. The average Bonchev–Trinajstić information content (AvgIpc) is 2.47. The van der Waals surface area contributed by atoms with Crippen LogP contribution in [-0.4, -0.2) is 60.8 Å². The molecule has 0 radical (unpaired) electrons. The predicted molar refractivity (Wildman–Crippen MR) is 76.3 cm³/mol. The van der Waals surface area contributed by atoms with Gasteiger partial charge in [-0.1, -0.05) is 12.8 Å². The van der Waals surface area contributed by atoms with Crippen LogP contribution < -0.4 is 0 Å². The van der Waals surface area contributed by atoms with Crippen LogP contribution >= 0.6 is 0 Å². The van der Waals surface area contributed by atoms with Crippen LogP contribution in [0.5, 0.6) is 0 Å². The highest BCUT2D eigenvalue weighted by atomic mass is 16.5. The molecule has 0 aromatic rings. The van der Waals surface area contributed by atoms with Crippen LogP contribution in [0.25, 0.3) is 0 Å².